The smallest absolute Gasteiger partial charge is 0.240 e. The average molecular weight is 1280 g/mol. The molecule has 4 heterocycles. The van der Waals surface area contributed by atoms with Crippen LogP contribution >= 0.6 is 34.5 Å². The topological polar surface area (TPSA) is 245 Å². The number of aliphatic hydroxyl groups excluding tert-OH is 1. The lowest BCUT2D eigenvalue weighted by atomic mass is 9.86. The number of rotatable bonds is 36. The van der Waals surface area contributed by atoms with Crippen LogP contribution in [0.1, 0.15) is 102 Å². The van der Waals surface area contributed by atoms with Crippen molar-refractivity contribution in [3.05, 3.63) is 87.1 Å². The molecule has 5 N–H and O–H groups in total. The van der Waals surface area contributed by atoms with Gasteiger partial charge >= 0.3 is 0 Å². The highest BCUT2D eigenvalue weighted by Crippen LogP contribution is 2.41. The fourth-order valence-corrected chi connectivity index (χ4v) is 10.9. The zero-order valence-electron chi connectivity index (χ0n) is 52.3. The number of benzene rings is 3. The monoisotopic (exact) mass is 1280 g/mol. The number of unbranched alkanes of at least 4 members (excludes halogenated alkanes) is 6. The second kappa shape index (κ2) is 40.8. The van der Waals surface area contributed by atoms with Crippen molar-refractivity contribution in [3.63, 3.8) is 0 Å². The maximum absolute atomic E-state index is 11.8. The summed E-state index contributed by atoms with van der Waals surface area (Å²) in [7, 11) is 3.12. The second-order valence-corrected chi connectivity index (χ2v) is 24.2. The van der Waals surface area contributed by atoms with Crippen molar-refractivity contribution in [3.8, 4) is 33.8 Å². The van der Waals surface area contributed by atoms with Crippen LogP contribution in [-0.2, 0) is 39.9 Å². The number of aromatic nitrogens is 2. The van der Waals surface area contributed by atoms with E-state index in [1.54, 1.807) is 35.5 Å². The van der Waals surface area contributed by atoms with Crippen LogP contribution in [0.5, 0.6) is 17.2 Å². The molecule has 2 atom stereocenters. The molecule has 88 heavy (non-hydrogen) atoms. The minimum absolute atomic E-state index is 0.0472. The maximum atomic E-state index is 11.8. The molecule has 2 fully saturated rings. The number of amides is 2. The third kappa shape index (κ3) is 25.6. The Morgan fingerprint density at radius 2 is 1.40 bits per heavy atom. The number of carbonyl (C=O) groups excluding carboxylic acids is 3. The number of nitriles is 1. The summed E-state index contributed by atoms with van der Waals surface area (Å²) in [6.45, 7) is 21.4. The normalized spacial score (nSPS) is 14.7. The number of pyridine rings is 1. The first-order chi connectivity index (χ1) is 42.6. The number of anilines is 2. The molecule has 0 aliphatic carbocycles. The van der Waals surface area contributed by atoms with Gasteiger partial charge in [0, 0.05) is 95.7 Å². The SMILES string of the molecule is CC(C)(C)C(N)C(=O)N1CCC(O)C1.COc1cc(Nc2c(C#N)cnc3cc(OCCCN4CCN(CCCCCCOCCOCCOCCOCCCCCC=O)CC4)c(OC)cc23)c(Cl)cc1Cl.Cc1ncsc1-c1ccc(CNC=O)cc1. The van der Waals surface area contributed by atoms with Gasteiger partial charge in [0.1, 0.15) is 18.1 Å². The highest BCUT2D eigenvalue weighted by molar-refractivity contribution is 7.13. The zero-order chi connectivity index (χ0) is 63.5. The molecule has 2 saturated heterocycles. The number of nitrogens with zero attached hydrogens (tertiary/aromatic N) is 6. The Balaban J connectivity index is 0.000000377. The molecular weight excluding hydrogens is 1190 g/mol. The maximum Gasteiger partial charge on any atom is 0.240 e. The van der Waals surface area contributed by atoms with Crippen molar-refractivity contribution in [2.24, 2.45) is 11.1 Å². The van der Waals surface area contributed by atoms with Crippen LogP contribution in [0.2, 0.25) is 10.0 Å². The van der Waals surface area contributed by atoms with E-state index in [1.807, 2.05) is 57.5 Å². The van der Waals surface area contributed by atoms with E-state index in [-0.39, 0.29) is 17.4 Å². The number of piperazine rings is 1. The van der Waals surface area contributed by atoms with Crippen LogP contribution in [0.4, 0.5) is 11.4 Å². The third-order valence-electron chi connectivity index (χ3n) is 14.9. The van der Waals surface area contributed by atoms with E-state index in [2.05, 4.69) is 48.6 Å². The molecule has 3 aromatic carbocycles. The number of methoxy groups -OCH3 is 2. The minimum atomic E-state index is -0.479. The number of hydrogen-bond acceptors (Lipinski definition) is 19. The number of aliphatic hydroxyl groups is 1. The van der Waals surface area contributed by atoms with E-state index in [0.29, 0.717) is 140 Å². The molecular formula is C65H93Cl2N9O11S. The molecule has 2 aliphatic heterocycles. The fraction of sp³-hybridized carbons (Fsp3) is 0.569. The van der Waals surface area contributed by atoms with Gasteiger partial charge in [0.25, 0.3) is 0 Å². The number of thiazole rings is 1. The van der Waals surface area contributed by atoms with Gasteiger partial charge in [-0.3, -0.25) is 14.6 Å². The predicted molar refractivity (Wildman–Crippen MR) is 348 cm³/mol. The minimum Gasteiger partial charge on any atom is -0.495 e. The van der Waals surface area contributed by atoms with Crippen LogP contribution in [0.15, 0.2) is 60.2 Å². The fourth-order valence-electron chi connectivity index (χ4n) is 9.60. The van der Waals surface area contributed by atoms with E-state index >= 15 is 0 Å². The van der Waals surface area contributed by atoms with Gasteiger partial charge in [-0.15, -0.1) is 11.3 Å². The number of β-amino-alcohol motifs (C(OH)–C–C–N with tert-alkyl or cyclic N) is 1. The summed E-state index contributed by atoms with van der Waals surface area (Å²) in [6.07, 6.45) is 12.7. The lowest BCUT2D eigenvalue weighted by Gasteiger charge is -2.34. The number of ether oxygens (including phenoxy) is 7. The van der Waals surface area contributed by atoms with E-state index in [4.69, 9.17) is 62.1 Å². The number of aryl methyl sites for hydroxylation is 1. The third-order valence-corrected chi connectivity index (χ3v) is 16.5. The Kier molecular flexibility index (Phi) is 33.9. The Morgan fingerprint density at radius 3 is 1.95 bits per heavy atom. The number of aldehydes is 1. The number of halogens is 2. The number of nitrogens with two attached hydrogens (primary N) is 1. The first-order valence-corrected chi connectivity index (χ1v) is 32.2. The number of nitrogens with one attached hydrogen (secondary N) is 2. The molecule has 0 radical (unpaired) electrons. The molecule has 5 aromatic rings. The molecule has 7 rings (SSSR count). The van der Waals surface area contributed by atoms with Gasteiger partial charge in [0.2, 0.25) is 12.3 Å². The molecule has 20 nitrogen and oxygen atoms in total. The molecule has 2 amide bonds. The quantitative estimate of drug-likeness (QED) is 0.0215. The summed E-state index contributed by atoms with van der Waals surface area (Å²) in [5.41, 5.74) is 12.9. The number of fused-ring (bicyclic) bond motifs is 1. The summed E-state index contributed by atoms with van der Waals surface area (Å²) in [6, 6.07) is 16.8. The summed E-state index contributed by atoms with van der Waals surface area (Å²) in [5, 5.41) is 26.6. The van der Waals surface area contributed by atoms with Gasteiger partial charge in [-0.2, -0.15) is 5.26 Å². The number of carbonyl (C=O) groups is 3. The molecule has 0 saturated carbocycles. The van der Waals surface area contributed by atoms with Crippen LogP contribution in [0, 0.1) is 23.7 Å². The molecule has 0 spiro atoms. The first-order valence-electron chi connectivity index (χ1n) is 30.5. The van der Waals surface area contributed by atoms with Gasteiger partial charge < -0.3 is 74.1 Å². The van der Waals surface area contributed by atoms with Crippen LogP contribution in [0.3, 0.4) is 0 Å². The first kappa shape index (κ1) is 73.0. The Bertz CT molecular complexity index is 2890. The van der Waals surface area contributed by atoms with E-state index < -0.39 is 6.04 Å². The van der Waals surface area contributed by atoms with Gasteiger partial charge in [0.05, 0.1) is 121 Å². The van der Waals surface area contributed by atoms with Crippen molar-refractivity contribution in [1.29, 1.82) is 5.26 Å². The largest absolute Gasteiger partial charge is 0.495 e. The Hall–Kier alpha value is -5.74. The highest BCUT2D eigenvalue weighted by atomic mass is 35.5. The van der Waals surface area contributed by atoms with Gasteiger partial charge in [-0.1, -0.05) is 87.5 Å². The van der Waals surface area contributed by atoms with Crippen LogP contribution in [0.25, 0.3) is 21.3 Å². The lowest BCUT2D eigenvalue weighted by Crippen LogP contribution is -2.49. The Morgan fingerprint density at radius 1 is 0.784 bits per heavy atom. The van der Waals surface area contributed by atoms with Gasteiger partial charge in [-0.25, -0.2) is 4.98 Å². The number of hydrogen-bond donors (Lipinski definition) is 4. The van der Waals surface area contributed by atoms with Gasteiger partial charge in [0.15, 0.2) is 11.5 Å². The predicted octanol–water partition coefficient (Wildman–Crippen LogP) is 10.3. The summed E-state index contributed by atoms with van der Waals surface area (Å²) >= 11 is 14.4. The van der Waals surface area contributed by atoms with Crippen molar-refractivity contribution in [1.82, 2.24) is 30.0 Å². The molecule has 484 valence electrons. The summed E-state index contributed by atoms with van der Waals surface area (Å²) in [5.74, 6) is 1.55. The van der Waals surface area contributed by atoms with Crippen molar-refractivity contribution in [2.75, 3.05) is 131 Å². The van der Waals surface area contributed by atoms with E-state index in [0.717, 1.165) is 102 Å². The zero-order valence-corrected chi connectivity index (χ0v) is 54.7. The highest BCUT2D eigenvalue weighted by Gasteiger charge is 2.34. The van der Waals surface area contributed by atoms with Crippen LogP contribution < -0.4 is 30.6 Å². The molecule has 23 heteroatoms. The van der Waals surface area contributed by atoms with E-state index in [1.165, 1.54) is 43.0 Å². The van der Waals surface area contributed by atoms with E-state index in [9.17, 15) is 24.8 Å². The summed E-state index contributed by atoms with van der Waals surface area (Å²) < 4.78 is 39.6. The van der Waals surface area contributed by atoms with Crippen molar-refractivity contribution >= 4 is 75.4 Å². The molecule has 2 aliphatic rings. The molecule has 2 unspecified atom stereocenters. The molecule has 0 bridgehead atoms. The number of likely N-dealkylation sites (tertiary alicyclic amines) is 1. The van der Waals surface area contributed by atoms with Crippen molar-refractivity contribution in [2.45, 2.75) is 111 Å². The lowest BCUT2D eigenvalue weighted by molar-refractivity contribution is -0.134. The van der Waals surface area contributed by atoms with Gasteiger partial charge in [-0.05, 0) is 80.7 Å². The van der Waals surface area contributed by atoms with Crippen LogP contribution in [-0.4, -0.2) is 187 Å². The summed E-state index contributed by atoms with van der Waals surface area (Å²) in [4.78, 5) is 49.0. The van der Waals surface area contributed by atoms with Crippen molar-refractivity contribution < 1.29 is 52.6 Å². The Labute approximate surface area is 534 Å². The molecule has 2 aromatic heterocycles. The second-order valence-electron chi connectivity index (χ2n) is 22.6. The standard InChI is InChI=1S/C43H61Cl2N5O8.C12H12N2OS.C10H20N2O2/c1-52-40-31-39(36(44)29-37(40)45)48-43-34(32-46)33-47-38-30-42(41(53-2)28-35(38)43)58-21-11-13-50-16-14-49(15-17-50)12-7-3-5-9-19-54-22-24-56-26-27-57-25-23-55-20-10-6-4-8-18-51;1-9-12(16-8-14-9)11-4-2-10(3-5-11)6-13-7-15;1-10(2,3)8(11)9(14)12-5-4-7(13)6-12/h18,28-31,33H,3-17,19-27H2,1-2H3,(H,47,48);2-5,7-8H,6H2,1H3,(H,13,15);7-8,13H,4-6,11H2,1-3H3. The average Bonchev–Trinajstić information content (AvgIpc) is 4.22.